The molecule has 5 nitrogen and oxygen atoms in total. The van der Waals surface area contributed by atoms with Crippen LogP contribution in [0.1, 0.15) is 29.8 Å². The molecule has 0 radical (unpaired) electrons. The third kappa shape index (κ3) is 3.33. The topological polar surface area (TPSA) is 75.3 Å². The predicted octanol–water partition coefficient (Wildman–Crippen LogP) is 3.73. The Kier molecular flexibility index (Phi) is 4.66. The Balaban J connectivity index is 1.64. The van der Waals surface area contributed by atoms with Gasteiger partial charge in [0.2, 0.25) is 0 Å². The van der Waals surface area contributed by atoms with Gasteiger partial charge in [-0.05, 0) is 49.1 Å². The van der Waals surface area contributed by atoms with E-state index in [0.29, 0.717) is 18.5 Å². The van der Waals surface area contributed by atoms with Gasteiger partial charge in [-0.25, -0.2) is 0 Å². The van der Waals surface area contributed by atoms with E-state index in [0.717, 1.165) is 35.1 Å². The van der Waals surface area contributed by atoms with E-state index in [9.17, 15) is 4.79 Å². The average Bonchev–Trinajstić information content (AvgIpc) is 3.05. The van der Waals surface area contributed by atoms with Crippen molar-refractivity contribution >= 4 is 16.9 Å². The van der Waals surface area contributed by atoms with E-state index >= 15 is 0 Å². The number of carbonyl (C=O) groups is 1. The van der Waals surface area contributed by atoms with Crippen LogP contribution in [0, 0.1) is 11.3 Å². The second-order valence-electron chi connectivity index (χ2n) is 5.58. The number of nitriles is 1. The van der Waals surface area contributed by atoms with Crippen molar-refractivity contribution in [2.45, 2.75) is 19.3 Å². The van der Waals surface area contributed by atoms with E-state index in [1.807, 2.05) is 12.1 Å². The second-order valence-corrected chi connectivity index (χ2v) is 5.58. The summed E-state index contributed by atoms with van der Waals surface area (Å²) >= 11 is 0. The van der Waals surface area contributed by atoms with Gasteiger partial charge in [0.15, 0.2) is 5.76 Å². The first-order valence-electron chi connectivity index (χ1n) is 7.85. The Hall–Kier alpha value is -3.00. The van der Waals surface area contributed by atoms with Crippen LogP contribution < -0.4 is 10.1 Å². The normalized spacial score (nSPS) is 13.8. The molecule has 0 aliphatic heterocycles. The molecule has 122 valence electrons. The van der Waals surface area contributed by atoms with Crippen LogP contribution in [0.4, 0.5) is 0 Å². The molecule has 3 rings (SSSR count). The van der Waals surface area contributed by atoms with Gasteiger partial charge in [0.1, 0.15) is 11.3 Å². The van der Waals surface area contributed by atoms with Gasteiger partial charge < -0.3 is 14.5 Å². The largest absolute Gasteiger partial charge is 0.497 e. The number of ether oxygens (including phenoxy) is 1. The summed E-state index contributed by atoms with van der Waals surface area (Å²) in [5, 5.41) is 12.8. The number of furan rings is 1. The fraction of sp³-hybridized carbons (Fsp3) is 0.263. The fourth-order valence-electron chi connectivity index (χ4n) is 2.73. The van der Waals surface area contributed by atoms with Crippen LogP contribution >= 0.6 is 0 Å². The summed E-state index contributed by atoms with van der Waals surface area (Å²) in [4.78, 5) is 12.2. The van der Waals surface area contributed by atoms with E-state index < -0.39 is 0 Å². The monoisotopic (exact) mass is 322 g/mol. The highest BCUT2D eigenvalue weighted by molar-refractivity contribution is 5.96. The van der Waals surface area contributed by atoms with Crippen molar-refractivity contribution in [2.75, 3.05) is 13.7 Å². The van der Waals surface area contributed by atoms with Crippen LogP contribution in [-0.2, 0) is 0 Å². The van der Waals surface area contributed by atoms with Crippen molar-refractivity contribution < 1.29 is 13.9 Å². The van der Waals surface area contributed by atoms with E-state index in [2.05, 4.69) is 17.5 Å². The summed E-state index contributed by atoms with van der Waals surface area (Å²) in [6.07, 6.45) is 6.36. The second kappa shape index (κ2) is 7.05. The molecule has 1 aliphatic carbocycles. The average molecular weight is 322 g/mol. The van der Waals surface area contributed by atoms with Crippen molar-refractivity contribution in [1.29, 1.82) is 5.26 Å². The minimum Gasteiger partial charge on any atom is -0.497 e. The first kappa shape index (κ1) is 15.9. The number of amides is 1. The maximum atomic E-state index is 12.2. The summed E-state index contributed by atoms with van der Waals surface area (Å²) in [5.74, 6) is 0.728. The van der Waals surface area contributed by atoms with Crippen molar-refractivity contribution in [1.82, 2.24) is 5.32 Å². The van der Waals surface area contributed by atoms with Crippen LogP contribution in [0.15, 0.2) is 52.0 Å². The first-order chi connectivity index (χ1) is 11.7. The lowest BCUT2D eigenvalue weighted by Gasteiger charge is -2.10. The summed E-state index contributed by atoms with van der Waals surface area (Å²) < 4.78 is 10.7. The number of allylic oxidation sites excluding steroid dienone is 3. The summed E-state index contributed by atoms with van der Waals surface area (Å²) in [6.45, 7) is 0.462. The fourth-order valence-corrected chi connectivity index (χ4v) is 2.73. The number of nitrogens with zero attached hydrogens (tertiary/aromatic N) is 1. The number of benzene rings is 1. The van der Waals surface area contributed by atoms with Crippen LogP contribution in [0.2, 0.25) is 0 Å². The molecule has 0 spiro atoms. The van der Waals surface area contributed by atoms with Crippen molar-refractivity contribution in [3.05, 3.63) is 53.3 Å². The highest BCUT2D eigenvalue weighted by Gasteiger charge is 2.13. The minimum absolute atomic E-state index is 0.260. The molecule has 0 bridgehead atoms. The van der Waals surface area contributed by atoms with Crippen molar-refractivity contribution in [2.24, 2.45) is 0 Å². The quantitative estimate of drug-likeness (QED) is 0.910. The Morgan fingerprint density at radius 3 is 3.08 bits per heavy atom. The van der Waals surface area contributed by atoms with Crippen LogP contribution in [0.3, 0.4) is 0 Å². The molecule has 0 fully saturated rings. The molecule has 1 heterocycles. The molecule has 5 heteroatoms. The molecule has 0 atom stereocenters. The van der Waals surface area contributed by atoms with Crippen molar-refractivity contribution in [3.8, 4) is 11.8 Å². The number of nitrogens with one attached hydrogen (secondary N) is 1. The molecule has 1 aromatic carbocycles. The first-order valence-corrected chi connectivity index (χ1v) is 7.85. The van der Waals surface area contributed by atoms with E-state index in [1.165, 1.54) is 0 Å². The van der Waals surface area contributed by atoms with Gasteiger partial charge in [-0.2, -0.15) is 5.26 Å². The molecule has 2 aromatic rings. The zero-order valence-electron chi connectivity index (χ0n) is 13.5. The lowest BCUT2D eigenvalue weighted by molar-refractivity contribution is 0.0928. The highest BCUT2D eigenvalue weighted by Crippen LogP contribution is 2.24. The van der Waals surface area contributed by atoms with Gasteiger partial charge in [-0.1, -0.05) is 12.2 Å². The maximum Gasteiger partial charge on any atom is 0.287 e. The zero-order chi connectivity index (χ0) is 16.9. The smallest absolute Gasteiger partial charge is 0.287 e. The number of hydrogen-bond donors (Lipinski definition) is 1. The van der Waals surface area contributed by atoms with Crippen LogP contribution in [0.25, 0.3) is 11.0 Å². The molecule has 1 aromatic heterocycles. The SMILES string of the molecule is COc1ccc2oc(C(=O)NCCC3=C(C#N)CCC=C3)cc2c1. The van der Waals surface area contributed by atoms with Crippen LogP contribution in [-0.4, -0.2) is 19.6 Å². The van der Waals surface area contributed by atoms with E-state index in [-0.39, 0.29) is 11.7 Å². The van der Waals surface area contributed by atoms with Gasteiger partial charge in [-0.15, -0.1) is 0 Å². The van der Waals surface area contributed by atoms with E-state index in [4.69, 9.17) is 14.4 Å². The van der Waals surface area contributed by atoms with Gasteiger partial charge in [0.05, 0.1) is 13.2 Å². The Labute approximate surface area is 140 Å². The number of carbonyl (C=O) groups excluding carboxylic acids is 1. The molecule has 1 N–H and O–H groups in total. The number of rotatable bonds is 5. The molecule has 1 amide bonds. The molecule has 0 saturated heterocycles. The minimum atomic E-state index is -0.260. The Morgan fingerprint density at radius 1 is 1.42 bits per heavy atom. The standard InChI is InChI=1S/C19H18N2O3/c1-23-16-6-7-17-15(10-16)11-18(24-17)19(22)21-9-8-13-4-2-3-5-14(13)12-20/h2,4,6-7,10-11H,3,5,8-9H2,1H3,(H,21,22). The highest BCUT2D eigenvalue weighted by atomic mass is 16.5. The lowest BCUT2D eigenvalue weighted by atomic mass is 9.96. The number of methoxy groups -OCH3 is 1. The van der Waals surface area contributed by atoms with Gasteiger partial charge >= 0.3 is 0 Å². The van der Waals surface area contributed by atoms with Crippen molar-refractivity contribution in [3.63, 3.8) is 0 Å². The molecule has 1 aliphatic rings. The third-order valence-corrected chi connectivity index (χ3v) is 4.03. The van der Waals surface area contributed by atoms with E-state index in [1.54, 1.807) is 25.3 Å². The number of hydrogen-bond acceptors (Lipinski definition) is 4. The zero-order valence-corrected chi connectivity index (χ0v) is 13.5. The summed E-state index contributed by atoms with van der Waals surface area (Å²) in [6, 6.07) is 9.34. The maximum absolute atomic E-state index is 12.2. The Bertz CT molecular complexity index is 868. The van der Waals surface area contributed by atoms with Gasteiger partial charge in [-0.3, -0.25) is 4.79 Å². The number of fused-ring (bicyclic) bond motifs is 1. The van der Waals surface area contributed by atoms with Gasteiger partial charge in [0, 0.05) is 17.5 Å². The molecular weight excluding hydrogens is 304 g/mol. The lowest BCUT2D eigenvalue weighted by Crippen LogP contribution is -2.24. The summed E-state index contributed by atoms with van der Waals surface area (Å²) in [5.41, 5.74) is 2.45. The predicted molar refractivity (Wildman–Crippen MR) is 90.7 cm³/mol. The molecular formula is C19H18N2O3. The Morgan fingerprint density at radius 2 is 2.29 bits per heavy atom. The van der Waals surface area contributed by atoms with Gasteiger partial charge in [0.25, 0.3) is 5.91 Å². The van der Waals surface area contributed by atoms with Crippen LogP contribution in [0.5, 0.6) is 5.75 Å². The third-order valence-electron chi connectivity index (χ3n) is 4.03. The molecule has 24 heavy (non-hydrogen) atoms. The molecule has 0 unspecified atom stereocenters. The molecule has 0 saturated carbocycles. The summed E-state index contributed by atoms with van der Waals surface area (Å²) in [7, 11) is 1.60.